The standard InChI is InChI=1S/C25H27N3O3/c1-15-23-19(25(30)28(15)20-7-3-4-8-21(20)29)13-17(18-6-5-11-26-24(18)23)12-16-9-10-22(31-2)27-14-16/h5-6,9-11,13-15,20-21,29H,3-4,7-8,12H2,1-2H3/t15-,20?,21?/m0/s1. The molecule has 2 unspecified atom stereocenters. The van der Waals surface area contributed by atoms with Crippen molar-refractivity contribution in [2.24, 2.45) is 0 Å². The van der Waals surface area contributed by atoms with Crippen molar-refractivity contribution in [2.45, 2.75) is 57.2 Å². The number of nitrogens with zero attached hydrogens (tertiary/aromatic N) is 3. The van der Waals surface area contributed by atoms with Crippen molar-refractivity contribution in [3.8, 4) is 5.88 Å². The summed E-state index contributed by atoms with van der Waals surface area (Å²) in [5.74, 6) is 0.588. The first kappa shape index (κ1) is 19.9. The van der Waals surface area contributed by atoms with E-state index in [9.17, 15) is 9.90 Å². The lowest BCUT2D eigenvalue weighted by molar-refractivity contribution is 0.00975. The Morgan fingerprint density at radius 3 is 2.77 bits per heavy atom. The van der Waals surface area contributed by atoms with Crippen molar-refractivity contribution >= 4 is 16.8 Å². The number of ether oxygens (including phenoxy) is 1. The van der Waals surface area contributed by atoms with E-state index < -0.39 is 6.10 Å². The number of aromatic nitrogens is 2. The number of carbonyl (C=O) groups excluding carboxylic acids is 1. The maximum Gasteiger partial charge on any atom is 0.255 e. The Bertz CT molecular complexity index is 1130. The first-order valence-corrected chi connectivity index (χ1v) is 11.0. The number of fused-ring (bicyclic) bond motifs is 3. The van der Waals surface area contributed by atoms with E-state index in [1.807, 2.05) is 35.4 Å². The molecule has 160 valence electrons. The number of aliphatic hydroxyl groups excluding tert-OH is 1. The number of hydrogen-bond acceptors (Lipinski definition) is 5. The highest BCUT2D eigenvalue weighted by Gasteiger charge is 2.43. The first-order chi connectivity index (χ1) is 15.1. The normalized spacial score (nSPS) is 23.3. The third-order valence-corrected chi connectivity index (χ3v) is 6.77. The number of aliphatic hydroxyl groups is 1. The molecule has 0 spiro atoms. The summed E-state index contributed by atoms with van der Waals surface area (Å²) in [6.45, 7) is 2.06. The number of methoxy groups -OCH3 is 1. The van der Waals surface area contributed by atoms with Crippen LogP contribution in [0, 0.1) is 0 Å². The molecule has 2 aliphatic rings. The molecular formula is C25H27N3O3. The molecule has 0 saturated heterocycles. The van der Waals surface area contributed by atoms with Crippen molar-refractivity contribution < 1.29 is 14.6 Å². The average molecular weight is 418 g/mol. The highest BCUT2D eigenvalue weighted by Crippen LogP contribution is 2.42. The molecule has 1 fully saturated rings. The molecule has 3 heterocycles. The van der Waals surface area contributed by atoms with E-state index >= 15 is 0 Å². The second-order valence-corrected chi connectivity index (χ2v) is 8.59. The summed E-state index contributed by atoms with van der Waals surface area (Å²) < 4.78 is 5.16. The number of benzene rings is 1. The number of hydrogen-bond donors (Lipinski definition) is 1. The lowest BCUT2D eigenvalue weighted by Gasteiger charge is -2.37. The summed E-state index contributed by atoms with van der Waals surface area (Å²) in [6, 6.07) is 9.65. The number of amides is 1. The van der Waals surface area contributed by atoms with Crippen LogP contribution >= 0.6 is 0 Å². The molecule has 6 heteroatoms. The van der Waals surface area contributed by atoms with Crippen LogP contribution in [0.5, 0.6) is 5.88 Å². The molecule has 1 saturated carbocycles. The van der Waals surface area contributed by atoms with Gasteiger partial charge in [-0.1, -0.05) is 25.0 Å². The largest absolute Gasteiger partial charge is 0.481 e. The maximum absolute atomic E-state index is 13.5. The van der Waals surface area contributed by atoms with Crippen LogP contribution in [0.2, 0.25) is 0 Å². The van der Waals surface area contributed by atoms with Gasteiger partial charge in [0, 0.05) is 35.0 Å². The summed E-state index contributed by atoms with van der Waals surface area (Å²) in [7, 11) is 1.60. The van der Waals surface area contributed by atoms with Crippen LogP contribution in [0.1, 0.15) is 65.7 Å². The van der Waals surface area contributed by atoms with Crippen molar-refractivity contribution in [1.82, 2.24) is 14.9 Å². The van der Waals surface area contributed by atoms with Crippen LogP contribution in [0.4, 0.5) is 0 Å². The Morgan fingerprint density at radius 1 is 1.19 bits per heavy atom. The maximum atomic E-state index is 13.5. The first-order valence-electron chi connectivity index (χ1n) is 11.0. The second-order valence-electron chi connectivity index (χ2n) is 8.59. The van der Waals surface area contributed by atoms with Crippen molar-refractivity contribution in [1.29, 1.82) is 0 Å². The van der Waals surface area contributed by atoms with Crippen molar-refractivity contribution in [3.05, 3.63) is 65.0 Å². The van der Waals surface area contributed by atoms with Gasteiger partial charge in [0.2, 0.25) is 5.88 Å². The van der Waals surface area contributed by atoms with Gasteiger partial charge in [-0.25, -0.2) is 4.98 Å². The molecule has 3 atom stereocenters. The van der Waals surface area contributed by atoms with Gasteiger partial charge < -0.3 is 14.7 Å². The minimum Gasteiger partial charge on any atom is -0.481 e. The smallest absolute Gasteiger partial charge is 0.255 e. The number of pyridine rings is 2. The van der Waals surface area contributed by atoms with Crippen LogP contribution < -0.4 is 4.74 Å². The third-order valence-electron chi connectivity index (χ3n) is 6.77. The molecule has 0 bridgehead atoms. The molecule has 31 heavy (non-hydrogen) atoms. The predicted octanol–water partition coefficient (Wildman–Crippen LogP) is 4.05. The van der Waals surface area contributed by atoms with Crippen LogP contribution in [-0.2, 0) is 6.42 Å². The zero-order valence-electron chi connectivity index (χ0n) is 17.9. The van der Waals surface area contributed by atoms with E-state index in [0.29, 0.717) is 17.9 Å². The van der Waals surface area contributed by atoms with E-state index in [4.69, 9.17) is 4.74 Å². The Morgan fingerprint density at radius 2 is 2.03 bits per heavy atom. The molecule has 5 rings (SSSR count). The molecular weight excluding hydrogens is 390 g/mol. The van der Waals surface area contributed by atoms with Crippen molar-refractivity contribution in [3.63, 3.8) is 0 Å². The fraction of sp³-hybridized carbons (Fsp3) is 0.400. The van der Waals surface area contributed by atoms with Gasteiger partial charge in [0.1, 0.15) is 0 Å². The van der Waals surface area contributed by atoms with Gasteiger partial charge in [-0.3, -0.25) is 9.78 Å². The average Bonchev–Trinajstić information content (AvgIpc) is 3.05. The minimum absolute atomic E-state index is 0.00936. The molecule has 1 aliphatic carbocycles. The highest BCUT2D eigenvalue weighted by molar-refractivity contribution is 6.05. The monoisotopic (exact) mass is 417 g/mol. The van der Waals surface area contributed by atoms with Gasteiger partial charge in [0.15, 0.2) is 0 Å². The molecule has 1 aromatic carbocycles. The Labute approximate surface area is 181 Å². The fourth-order valence-electron chi connectivity index (χ4n) is 5.25. The number of rotatable bonds is 4. The summed E-state index contributed by atoms with van der Waals surface area (Å²) in [5, 5.41) is 11.7. The quantitative estimate of drug-likeness (QED) is 0.693. The van der Waals surface area contributed by atoms with Gasteiger partial charge in [0.05, 0.1) is 30.8 Å². The van der Waals surface area contributed by atoms with Gasteiger partial charge in [-0.2, -0.15) is 0 Å². The lowest BCUT2D eigenvalue weighted by atomic mass is 9.90. The Kier molecular flexibility index (Phi) is 5.10. The Hall–Kier alpha value is -2.99. The van der Waals surface area contributed by atoms with Crippen molar-refractivity contribution in [2.75, 3.05) is 7.11 Å². The van der Waals surface area contributed by atoms with Crippen LogP contribution in [0.3, 0.4) is 0 Å². The highest BCUT2D eigenvalue weighted by atomic mass is 16.5. The van der Waals surface area contributed by atoms with E-state index in [0.717, 1.165) is 53.3 Å². The van der Waals surface area contributed by atoms with E-state index in [2.05, 4.69) is 23.0 Å². The molecule has 2 aromatic heterocycles. The van der Waals surface area contributed by atoms with Gasteiger partial charge in [0.25, 0.3) is 5.91 Å². The summed E-state index contributed by atoms with van der Waals surface area (Å²) >= 11 is 0. The topological polar surface area (TPSA) is 75.6 Å². The van der Waals surface area contributed by atoms with Crippen LogP contribution in [0.15, 0.2) is 42.7 Å². The van der Waals surface area contributed by atoms with E-state index in [1.165, 1.54) is 0 Å². The lowest BCUT2D eigenvalue weighted by Crippen LogP contribution is -2.46. The van der Waals surface area contributed by atoms with Gasteiger partial charge in [-0.05, 0) is 49.4 Å². The SMILES string of the molecule is COc1ccc(Cc2cc3c(c4ncccc24)[C@H](C)N(C2CCCCC2O)C3=O)cn1. The molecule has 1 aliphatic heterocycles. The molecule has 1 N–H and O–H groups in total. The fourth-order valence-corrected chi connectivity index (χ4v) is 5.25. The van der Waals surface area contributed by atoms with Gasteiger partial charge in [-0.15, -0.1) is 0 Å². The third kappa shape index (κ3) is 3.35. The van der Waals surface area contributed by atoms with Crippen LogP contribution in [0.25, 0.3) is 10.9 Å². The Balaban J connectivity index is 1.58. The summed E-state index contributed by atoms with van der Waals surface area (Å²) in [6.07, 6.45) is 7.46. The molecule has 1 amide bonds. The zero-order chi connectivity index (χ0) is 21.5. The molecule has 3 aromatic rings. The van der Waals surface area contributed by atoms with Crippen LogP contribution in [-0.4, -0.2) is 45.1 Å². The predicted molar refractivity (Wildman–Crippen MR) is 118 cm³/mol. The minimum atomic E-state index is -0.460. The van der Waals surface area contributed by atoms with E-state index in [-0.39, 0.29) is 18.0 Å². The summed E-state index contributed by atoms with van der Waals surface area (Å²) in [4.78, 5) is 24.4. The number of carbonyl (C=O) groups is 1. The molecule has 6 nitrogen and oxygen atoms in total. The zero-order valence-corrected chi connectivity index (χ0v) is 17.9. The molecule has 0 radical (unpaired) electrons. The summed E-state index contributed by atoms with van der Waals surface area (Å²) in [5.41, 5.74) is 4.68. The van der Waals surface area contributed by atoms with Gasteiger partial charge >= 0.3 is 0 Å². The second kappa shape index (κ2) is 7.93. The van der Waals surface area contributed by atoms with E-state index in [1.54, 1.807) is 13.3 Å².